The van der Waals surface area contributed by atoms with Crippen LogP contribution in [0.15, 0.2) is 12.4 Å². The first-order valence-electron chi connectivity index (χ1n) is 5.20. The SMILES string of the molecule is CC1CC1CN(C)c1cc(NN)ncn1. The molecule has 1 aliphatic carbocycles. The van der Waals surface area contributed by atoms with Gasteiger partial charge >= 0.3 is 0 Å². The van der Waals surface area contributed by atoms with Gasteiger partial charge in [0, 0.05) is 19.7 Å². The Kier molecular flexibility index (Phi) is 2.73. The standard InChI is InChI=1S/C10H17N5/c1-7-3-8(7)5-15(2)10-4-9(14-11)12-6-13-10/h4,6-8H,3,5,11H2,1-2H3,(H,12,13,14). The van der Waals surface area contributed by atoms with Gasteiger partial charge in [-0.3, -0.25) is 0 Å². The van der Waals surface area contributed by atoms with Crippen molar-refractivity contribution in [2.45, 2.75) is 13.3 Å². The van der Waals surface area contributed by atoms with E-state index in [0.29, 0.717) is 5.82 Å². The van der Waals surface area contributed by atoms with E-state index in [2.05, 4.69) is 27.2 Å². The molecule has 1 aliphatic rings. The average molecular weight is 207 g/mol. The number of nitrogens with zero attached hydrogens (tertiary/aromatic N) is 3. The quantitative estimate of drug-likeness (QED) is 0.566. The molecule has 0 aromatic carbocycles. The third-order valence-corrected chi connectivity index (χ3v) is 2.98. The first-order valence-corrected chi connectivity index (χ1v) is 5.20. The van der Waals surface area contributed by atoms with Gasteiger partial charge in [-0.15, -0.1) is 0 Å². The molecule has 2 unspecified atom stereocenters. The van der Waals surface area contributed by atoms with Crippen LogP contribution in [0.25, 0.3) is 0 Å². The van der Waals surface area contributed by atoms with Crippen LogP contribution in [0.5, 0.6) is 0 Å². The average Bonchev–Trinajstić information content (AvgIpc) is 2.94. The molecule has 0 radical (unpaired) electrons. The largest absolute Gasteiger partial charge is 0.359 e. The van der Waals surface area contributed by atoms with Crippen LogP contribution >= 0.6 is 0 Å². The minimum atomic E-state index is 0.649. The van der Waals surface area contributed by atoms with Crippen molar-refractivity contribution in [3.63, 3.8) is 0 Å². The summed E-state index contributed by atoms with van der Waals surface area (Å²) in [6, 6.07) is 1.85. The van der Waals surface area contributed by atoms with Crippen molar-refractivity contribution in [2.24, 2.45) is 17.7 Å². The number of anilines is 2. The second-order valence-electron chi connectivity index (χ2n) is 4.26. The van der Waals surface area contributed by atoms with Gasteiger partial charge in [-0.1, -0.05) is 6.92 Å². The van der Waals surface area contributed by atoms with E-state index in [1.54, 1.807) is 0 Å². The van der Waals surface area contributed by atoms with Crippen LogP contribution in [0.4, 0.5) is 11.6 Å². The zero-order valence-corrected chi connectivity index (χ0v) is 9.14. The molecule has 1 heterocycles. The summed E-state index contributed by atoms with van der Waals surface area (Å²) in [5.41, 5.74) is 2.52. The molecule has 1 fully saturated rings. The molecular weight excluding hydrogens is 190 g/mol. The molecular formula is C10H17N5. The highest BCUT2D eigenvalue weighted by molar-refractivity contribution is 5.47. The van der Waals surface area contributed by atoms with Crippen LogP contribution in [0.3, 0.4) is 0 Å². The number of rotatable bonds is 4. The number of nitrogens with two attached hydrogens (primary N) is 1. The highest BCUT2D eigenvalue weighted by atomic mass is 15.3. The van der Waals surface area contributed by atoms with Crippen LogP contribution < -0.4 is 16.2 Å². The zero-order chi connectivity index (χ0) is 10.8. The van der Waals surface area contributed by atoms with E-state index in [1.165, 1.54) is 12.7 Å². The minimum Gasteiger partial charge on any atom is -0.359 e. The highest BCUT2D eigenvalue weighted by Gasteiger charge is 2.33. The fourth-order valence-corrected chi connectivity index (χ4v) is 1.73. The lowest BCUT2D eigenvalue weighted by atomic mass is 10.3. The molecule has 2 atom stereocenters. The van der Waals surface area contributed by atoms with Crippen molar-refractivity contribution in [1.29, 1.82) is 0 Å². The molecule has 1 aromatic rings. The summed E-state index contributed by atoms with van der Waals surface area (Å²) in [6.45, 7) is 3.34. The Morgan fingerprint density at radius 1 is 1.60 bits per heavy atom. The Hall–Kier alpha value is -1.36. The van der Waals surface area contributed by atoms with E-state index >= 15 is 0 Å². The smallest absolute Gasteiger partial charge is 0.145 e. The lowest BCUT2D eigenvalue weighted by Gasteiger charge is -2.18. The van der Waals surface area contributed by atoms with Gasteiger partial charge in [-0.2, -0.15) is 0 Å². The van der Waals surface area contributed by atoms with Gasteiger partial charge < -0.3 is 10.3 Å². The number of hydrogen-bond acceptors (Lipinski definition) is 5. The minimum absolute atomic E-state index is 0.649. The first kappa shape index (κ1) is 10.2. The molecule has 82 valence electrons. The van der Waals surface area contributed by atoms with Crippen LogP contribution in [0.2, 0.25) is 0 Å². The van der Waals surface area contributed by atoms with E-state index in [4.69, 9.17) is 5.84 Å². The van der Waals surface area contributed by atoms with Crippen molar-refractivity contribution in [3.8, 4) is 0 Å². The van der Waals surface area contributed by atoms with Crippen molar-refractivity contribution in [2.75, 3.05) is 23.9 Å². The summed E-state index contributed by atoms with van der Waals surface area (Å²) >= 11 is 0. The Balaban J connectivity index is 2.00. The fraction of sp³-hybridized carbons (Fsp3) is 0.600. The predicted molar refractivity (Wildman–Crippen MR) is 60.4 cm³/mol. The lowest BCUT2D eigenvalue weighted by Crippen LogP contribution is -2.22. The van der Waals surface area contributed by atoms with Crippen LogP contribution in [0.1, 0.15) is 13.3 Å². The summed E-state index contributed by atoms with van der Waals surface area (Å²) in [5, 5.41) is 0. The van der Waals surface area contributed by atoms with Crippen molar-refractivity contribution < 1.29 is 0 Å². The Morgan fingerprint density at radius 3 is 2.93 bits per heavy atom. The molecule has 0 bridgehead atoms. The molecule has 1 saturated carbocycles. The molecule has 5 nitrogen and oxygen atoms in total. The van der Waals surface area contributed by atoms with Gasteiger partial charge in [0.05, 0.1) is 0 Å². The van der Waals surface area contributed by atoms with Gasteiger partial charge in [0.2, 0.25) is 0 Å². The van der Waals surface area contributed by atoms with Gasteiger partial charge in [0.25, 0.3) is 0 Å². The summed E-state index contributed by atoms with van der Waals surface area (Å²) < 4.78 is 0. The van der Waals surface area contributed by atoms with E-state index in [9.17, 15) is 0 Å². The Morgan fingerprint density at radius 2 is 2.33 bits per heavy atom. The van der Waals surface area contributed by atoms with Crippen LogP contribution in [-0.4, -0.2) is 23.6 Å². The monoisotopic (exact) mass is 207 g/mol. The van der Waals surface area contributed by atoms with Gasteiger partial charge in [-0.25, -0.2) is 15.8 Å². The summed E-state index contributed by atoms with van der Waals surface area (Å²) in [5.74, 6) is 8.54. The maximum Gasteiger partial charge on any atom is 0.145 e. The van der Waals surface area contributed by atoms with E-state index in [0.717, 1.165) is 24.2 Å². The summed E-state index contributed by atoms with van der Waals surface area (Å²) in [7, 11) is 2.05. The van der Waals surface area contributed by atoms with E-state index < -0.39 is 0 Å². The third-order valence-electron chi connectivity index (χ3n) is 2.98. The van der Waals surface area contributed by atoms with Gasteiger partial charge in [-0.05, 0) is 18.3 Å². The van der Waals surface area contributed by atoms with Crippen molar-refractivity contribution in [3.05, 3.63) is 12.4 Å². The van der Waals surface area contributed by atoms with Gasteiger partial charge in [0.1, 0.15) is 18.0 Å². The molecule has 0 aliphatic heterocycles. The lowest BCUT2D eigenvalue weighted by molar-refractivity contribution is 0.719. The molecule has 5 heteroatoms. The molecule has 3 N–H and O–H groups in total. The van der Waals surface area contributed by atoms with Crippen molar-refractivity contribution >= 4 is 11.6 Å². The second kappa shape index (κ2) is 4.02. The first-order chi connectivity index (χ1) is 7.20. The highest BCUT2D eigenvalue weighted by Crippen LogP contribution is 2.38. The number of hydrogen-bond donors (Lipinski definition) is 2. The van der Waals surface area contributed by atoms with E-state index in [-0.39, 0.29) is 0 Å². The van der Waals surface area contributed by atoms with E-state index in [1.807, 2.05) is 13.1 Å². The summed E-state index contributed by atoms with van der Waals surface area (Å²) in [4.78, 5) is 10.3. The topological polar surface area (TPSA) is 67.1 Å². The fourth-order valence-electron chi connectivity index (χ4n) is 1.73. The number of aromatic nitrogens is 2. The molecule has 15 heavy (non-hydrogen) atoms. The number of nitrogen functional groups attached to an aromatic ring is 1. The maximum absolute atomic E-state index is 5.30. The van der Waals surface area contributed by atoms with Crippen LogP contribution in [0, 0.1) is 11.8 Å². The number of hydrazine groups is 1. The third kappa shape index (κ3) is 2.36. The predicted octanol–water partition coefficient (Wildman–Crippen LogP) is 0.854. The summed E-state index contributed by atoms with van der Waals surface area (Å²) in [6.07, 6.45) is 2.86. The molecule has 1 aromatic heterocycles. The van der Waals surface area contributed by atoms with Crippen molar-refractivity contribution in [1.82, 2.24) is 9.97 Å². The normalized spacial score (nSPS) is 23.7. The zero-order valence-electron chi connectivity index (χ0n) is 9.14. The molecule has 2 rings (SSSR count). The molecule has 0 spiro atoms. The second-order valence-corrected chi connectivity index (χ2v) is 4.26. The van der Waals surface area contributed by atoms with Crippen LogP contribution in [-0.2, 0) is 0 Å². The Bertz CT molecular complexity index is 340. The number of nitrogens with one attached hydrogen (secondary N) is 1. The Labute approximate surface area is 89.7 Å². The maximum atomic E-state index is 5.30. The molecule has 0 amide bonds. The molecule has 0 saturated heterocycles. The van der Waals surface area contributed by atoms with Gasteiger partial charge in [0.15, 0.2) is 0 Å².